The van der Waals surface area contributed by atoms with E-state index in [4.69, 9.17) is 25.8 Å². The zero-order valence-electron chi connectivity index (χ0n) is 27.6. The molecular weight excluding hydrogens is 638 g/mol. The van der Waals surface area contributed by atoms with Gasteiger partial charge in [-0.25, -0.2) is 0 Å². The molecule has 0 spiro atoms. The molecule has 3 aromatic rings. The van der Waals surface area contributed by atoms with E-state index >= 15 is 0 Å². The summed E-state index contributed by atoms with van der Waals surface area (Å²) in [6.07, 6.45) is 3.46. The molecule has 1 aromatic heterocycles. The number of carboxylic acids is 1. The number of nitrogens with zero attached hydrogens (tertiary/aromatic N) is 4. The number of aryl methyl sites for hydroxylation is 1. The number of hydrogen-bond acceptors (Lipinski definition) is 8. The van der Waals surface area contributed by atoms with Crippen LogP contribution in [0.25, 0.3) is 10.9 Å². The van der Waals surface area contributed by atoms with Gasteiger partial charge in [-0.3, -0.25) is 24.0 Å². The molecule has 258 valence electrons. The number of anilines is 1. The second-order valence-corrected chi connectivity index (χ2v) is 13.6. The predicted molar refractivity (Wildman–Crippen MR) is 180 cm³/mol. The Morgan fingerprint density at radius 1 is 1.00 bits per heavy atom. The number of aromatic nitrogens is 2. The van der Waals surface area contributed by atoms with Gasteiger partial charge in [-0.1, -0.05) is 35.9 Å². The normalized spacial score (nSPS) is 26.3. The van der Waals surface area contributed by atoms with E-state index in [-0.39, 0.29) is 54.5 Å². The number of aliphatic carboxylic acids is 1. The molecular formula is C35H44ClN5O7. The third kappa shape index (κ3) is 7.37. The molecule has 4 atom stereocenters. The summed E-state index contributed by atoms with van der Waals surface area (Å²) >= 11 is 6.63. The number of halogens is 1. The van der Waals surface area contributed by atoms with Crippen molar-refractivity contribution in [1.29, 1.82) is 0 Å². The van der Waals surface area contributed by atoms with Gasteiger partial charge < -0.3 is 29.5 Å². The van der Waals surface area contributed by atoms with Crippen LogP contribution < -0.4 is 5.32 Å². The minimum Gasteiger partial charge on any atom is -0.481 e. The van der Waals surface area contributed by atoms with E-state index in [2.05, 4.69) is 15.3 Å². The summed E-state index contributed by atoms with van der Waals surface area (Å²) in [6.45, 7) is 2.41. The third-order valence-corrected chi connectivity index (χ3v) is 10.5. The van der Waals surface area contributed by atoms with E-state index in [1.165, 1.54) is 0 Å². The lowest BCUT2D eigenvalue weighted by Gasteiger charge is -2.30. The zero-order chi connectivity index (χ0) is 33.9. The highest BCUT2D eigenvalue weighted by atomic mass is 35.5. The maximum Gasteiger partial charge on any atom is 0.306 e. The Kier molecular flexibility index (Phi) is 10.7. The van der Waals surface area contributed by atoms with Crippen molar-refractivity contribution in [2.75, 3.05) is 45.8 Å². The van der Waals surface area contributed by atoms with Gasteiger partial charge in [0.25, 0.3) is 5.91 Å². The van der Waals surface area contributed by atoms with Gasteiger partial charge in [0.15, 0.2) is 5.69 Å². The van der Waals surface area contributed by atoms with Gasteiger partial charge in [0.05, 0.1) is 59.5 Å². The molecule has 2 aromatic carbocycles. The van der Waals surface area contributed by atoms with Gasteiger partial charge >= 0.3 is 5.97 Å². The van der Waals surface area contributed by atoms with E-state index in [0.29, 0.717) is 55.2 Å². The van der Waals surface area contributed by atoms with Crippen molar-refractivity contribution < 1.29 is 33.7 Å². The van der Waals surface area contributed by atoms with Crippen LogP contribution in [0.15, 0.2) is 42.5 Å². The van der Waals surface area contributed by atoms with Crippen LogP contribution >= 0.6 is 11.6 Å². The molecule has 2 saturated heterocycles. The van der Waals surface area contributed by atoms with E-state index in [1.54, 1.807) is 38.1 Å². The van der Waals surface area contributed by atoms with Gasteiger partial charge in [0, 0.05) is 52.3 Å². The van der Waals surface area contributed by atoms with Crippen molar-refractivity contribution in [3.63, 3.8) is 0 Å². The molecule has 48 heavy (non-hydrogen) atoms. The van der Waals surface area contributed by atoms with Gasteiger partial charge in [-0.15, -0.1) is 0 Å². The minimum atomic E-state index is -0.740. The van der Waals surface area contributed by atoms with Crippen molar-refractivity contribution in [3.8, 4) is 0 Å². The molecule has 2 aliphatic heterocycles. The van der Waals surface area contributed by atoms with Gasteiger partial charge in [-0.2, -0.15) is 5.10 Å². The molecule has 1 unspecified atom stereocenters. The lowest BCUT2D eigenvalue weighted by atomic mass is 9.87. The average Bonchev–Trinajstić information content (AvgIpc) is 3.80. The van der Waals surface area contributed by atoms with Crippen LogP contribution in [0, 0.1) is 5.92 Å². The Morgan fingerprint density at radius 3 is 2.38 bits per heavy atom. The van der Waals surface area contributed by atoms with Crippen molar-refractivity contribution in [3.05, 3.63) is 58.7 Å². The maximum atomic E-state index is 13.9. The number of fused-ring (bicyclic) bond motifs is 1. The Labute approximate surface area is 285 Å². The number of carboxylic acid groups (broad SMARTS) is 1. The molecule has 1 aliphatic carbocycles. The number of para-hydroxylation sites is 1. The summed E-state index contributed by atoms with van der Waals surface area (Å²) < 4.78 is 19.3. The molecule has 2 amide bonds. The van der Waals surface area contributed by atoms with E-state index in [1.807, 2.05) is 35.2 Å². The second kappa shape index (κ2) is 14.9. The quantitative estimate of drug-likeness (QED) is 0.308. The lowest BCUT2D eigenvalue weighted by Crippen LogP contribution is -2.41. The molecule has 3 heterocycles. The van der Waals surface area contributed by atoms with Gasteiger partial charge in [0.1, 0.15) is 0 Å². The van der Waals surface area contributed by atoms with Crippen LogP contribution in [0.5, 0.6) is 0 Å². The van der Waals surface area contributed by atoms with Gasteiger partial charge in [-0.05, 0) is 55.9 Å². The number of carbonyl (C=O) groups is 3. The Hall–Kier alpha value is -3.55. The fourth-order valence-electron chi connectivity index (χ4n) is 7.48. The van der Waals surface area contributed by atoms with Gasteiger partial charge in [0.2, 0.25) is 5.91 Å². The SMILES string of the molecule is COC1CN([C@H]2C[C@@H](CO[C@H]3CC[C@H](C(=O)O)CC3)N(C(=O)Cc3ccc(NC(=O)c4nn(C)c5ccccc45)c(Cl)c3)C2)C[C@@H]1OC. The number of hydrogen-bond donors (Lipinski definition) is 2. The number of rotatable bonds is 11. The first-order chi connectivity index (χ1) is 23.1. The van der Waals surface area contributed by atoms with Crippen molar-refractivity contribution in [2.45, 2.75) is 68.9 Å². The third-order valence-electron chi connectivity index (χ3n) is 10.2. The van der Waals surface area contributed by atoms with Crippen LogP contribution in [0.1, 0.15) is 48.2 Å². The fourth-order valence-corrected chi connectivity index (χ4v) is 7.73. The summed E-state index contributed by atoms with van der Waals surface area (Å²) in [7, 11) is 5.19. The van der Waals surface area contributed by atoms with E-state index in [0.717, 1.165) is 36.0 Å². The summed E-state index contributed by atoms with van der Waals surface area (Å²) in [6, 6.07) is 12.8. The van der Waals surface area contributed by atoms with Crippen molar-refractivity contribution in [2.24, 2.45) is 13.0 Å². The van der Waals surface area contributed by atoms with Crippen molar-refractivity contribution in [1.82, 2.24) is 19.6 Å². The topological polar surface area (TPSA) is 135 Å². The molecule has 6 rings (SSSR count). The molecule has 13 heteroatoms. The Bertz CT molecular complexity index is 1630. The number of benzene rings is 2. The van der Waals surface area contributed by atoms with E-state index < -0.39 is 5.97 Å². The van der Waals surface area contributed by atoms with E-state index in [9.17, 15) is 19.5 Å². The summed E-state index contributed by atoms with van der Waals surface area (Å²) in [5.74, 6) is -1.44. The molecule has 1 saturated carbocycles. The van der Waals surface area contributed by atoms with Crippen LogP contribution in [0.2, 0.25) is 5.02 Å². The van der Waals surface area contributed by atoms with Crippen LogP contribution in [0.3, 0.4) is 0 Å². The monoisotopic (exact) mass is 681 g/mol. The van der Waals surface area contributed by atoms with Crippen LogP contribution in [0.4, 0.5) is 5.69 Å². The molecule has 12 nitrogen and oxygen atoms in total. The molecule has 0 radical (unpaired) electrons. The van der Waals surface area contributed by atoms with Crippen LogP contribution in [-0.2, 0) is 37.3 Å². The highest BCUT2D eigenvalue weighted by molar-refractivity contribution is 6.34. The smallest absolute Gasteiger partial charge is 0.306 e. The summed E-state index contributed by atoms with van der Waals surface area (Å²) in [5.41, 5.74) is 2.33. The summed E-state index contributed by atoms with van der Waals surface area (Å²) in [4.78, 5) is 42.7. The Morgan fingerprint density at radius 2 is 1.71 bits per heavy atom. The average molecular weight is 682 g/mol. The lowest BCUT2D eigenvalue weighted by molar-refractivity contribution is -0.144. The van der Waals surface area contributed by atoms with Crippen LogP contribution in [-0.4, -0.2) is 113 Å². The number of carbonyl (C=O) groups excluding carboxylic acids is 2. The molecule has 0 bridgehead atoms. The maximum absolute atomic E-state index is 13.9. The first kappa shape index (κ1) is 34.3. The molecule has 3 fully saturated rings. The summed E-state index contributed by atoms with van der Waals surface area (Å²) in [5, 5.41) is 17.7. The second-order valence-electron chi connectivity index (χ2n) is 13.2. The van der Waals surface area contributed by atoms with Crippen molar-refractivity contribution >= 4 is 46.0 Å². The number of likely N-dealkylation sites (tertiary alicyclic amines) is 2. The fraction of sp³-hybridized carbons (Fsp3) is 0.543. The predicted octanol–water partition coefficient (Wildman–Crippen LogP) is 4.00. The number of nitrogens with one attached hydrogen (secondary N) is 1. The number of methoxy groups -OCH3 is 2. The highest BCUT2D eigenvalue weighted by Gasteiger charge is 2.43. The highest BCUT2D eigenvalue weighted by Crippen LogP contribution is 2.32. The standard InChI is InChI=1S/C35H44ClN5O7/c1-39-29-7-5-4-6-26(29)33(38-39)34(43)37-28-13-8-21(14-27(28)36)15-32(42)41-17-23(40-18-30(46-2)31(19-40)47-3)16-24(41)20-48-25-11-9-22(10-12-25)35(44)45/h4-8,13-14,22-25,30-31H,9-12,15-20H2,1-3H3,(H,37,43)(H,44,45)/t22-,23-,24-,25-,30-,31?/m0/s1. The molecule has 2 N–H and O–H groups in total. The number of amides is 2. The zero-order valence-corrected chi connectivity index (χ0v) is 28.4. The first-order valence-electron chi connectivity index (χ1n) is 16.6. The largest absolute Gasteiger partial charge is 0.481 e. The molecule has 3 aliphatic rings. The minimum absolute atomic E-state index is 0.00947. The number of ether oxygens (including phenoxy) is 3. The first-order valence-corrected chi connectivity index (χ1v) is 17.0. The Balaban J connectivity index is 1.12.